The first-order valence-electron chi connectivity index (χ1n) is 7.77. The molecule has 0 aromatic carbocycles. The quantitative estimate of drug-likeness (QED) is 0.807. The zero-order valence-corrected chi connectivity index (χ0v) is 13.5. The number of hydrogen-bond donors (Lipinski definition) is 1. The lowest BCUT2D eigenvalue weighted by atomic mass is 9.80. The first-order valence-corrected chi connectivity index (χ1v) is 8.18. The lowest BCUT2D eigenvalue weighted by Gasteiger charge is -2.42. The van der Waals surface area contributed by atoms with Gasteiger partial charge in [-0.25, -0.2) is 0 Å². The molecule has 1 unspecified atom stereocenters. The van der Waals surface area contributed by atoms with Crippen molar-refractivity contribution in [3.8, 4) is 0 Å². The summed E-state index contributed by atoms with van der Waals surface area (Å²) in [7, 11) is 0. The average Bonchev–Trinajstić information content (AvgIpc) is 2.47. The SMILES string of the molecule is CC(C(=O)N1CCCCC1)N1CCC(C)(C(N)=S)CC1. The van der Waals surface area contributed by atoms with Crippen LogP contribution in [0.1, 0.15) is 46.0 Å². The van der Waals surface area contributed by atoms with E-state index >= 15 is 0 Å². The van der Waals surface area contributed by atoms with E-state index in [-0.39, 0.29) is 11.5 Å². The van der Waals surface area contributed by atoms with Crippen molar-refractivity contribution in [3.05, 3.63) is 0 Å². The number of nitrogens with zero attached hydrogens (tertiary/aromatic N) is 2. The Balaban J connectivity index is 1.89. The highest BCUT2D eigenvalue weighted by Crippen LogP contribution is 2.32. The number of carbonyl (C=O) groups excluding carboxylic acids is 1. The van der Waals surface area contributed by atoms with Gasteiger partial charge in [0.25, 0.3) is 0 Å². The van der Waals surface area contributed by atoms with Gasteiger partial charge in [-0.1, -0.05) is 19.1 Å². The summed E-state index contributed by atoms with van der Waals surface area (Å²) in [6.07, 6.45) is 5.48. The molecular formula is C15H27N3OS. The Bertz CT molecular complexity index is 371. The monoisotopic (exact) mass is 297 g/mol. The van der Waals surface area contributed by atoms with E-state index in [1.807, 2.05) is 11.8 Å². The predicted octanol–water partition coefficient (Wildman–Crippen LogP) is 1.78. The first-order chi connectivity index (χ1) is 9.44. The van der Waals surface area contributed by atoms with Crippen LogP contribution in [-0.4, -0.2) is 52.9 Å². The van der Waals surface area contributed by atoms with Crippen LogP contribution in [0.25, 0.3) is 0 Å². The predicted molar refractivity (Wildman–Crippen MR) is 85.6 cm³/mol. The van der Waals surface area contributed by atoms with Crippen LogP contribution in [0.2, 0.25) is 0 Å². The molecule has 0 saturated carbocycles. The molecule has 1 atom stereocenters. The summed E-state index contributed by atoms with van der Waals surface area (Å²) in [6.45, 7) is 7.87. The van der Waals surface area contributed by atoms with Gasteiger partial charge in [0.15, 0.2) is 0 Å². The zero-order chi connectivity index (χ0) is 14.8. The van der Waals surface area contributed by atoms with Gasteiger partial charge in [-0.2, -0.15) is 0 Å². The first kappa shape index (κ1) is 15.7. The average molecular weight is 297 g/mol. The van der Waals surface area contributed by atoms with Gasteiger partial charge >= 0.3 is 0 Å². The highest BCUT2D eigenvalue weighted by molar-refractivity contribution is 7.80. The van der Waals surface area contributed by atoms with Crippen LogP contribution in [0.15, 0.2) is 0 Å². The highest BCUT2D eigenvalue weighted by Gasteiger charge is 2.36. The number of thiocarbonyl (C=S) groups is 1. The fourth-order valence-corrected chi connectivity index (χ4v) is 3.39. The van der Waals surface area contributed by atoms with Gasteiger partial charge in [0.05, 0.1) is 11.0 Å². The van der Waals surface area contributed by atoms with Gasteiger partial charge in [0.1, 0.15) is 0 Å². The van der Waals surface area contributed by atoms with Crippen molar-refractivity contribution in [2.75, 3.05) is 26.2 Å². The van der Waals surface area contributed by atoms with E-state index in [2.05, 4.69) is 11.8 Å². The Morgan fingerprint density at radius 1 is 1.15 bits per heavy atom. The fourth-order valence-electron chi connectivity index (χ4n) is 3.19. The second kappa shape index (κ2) is 6.39. The molecule has 0 spiro atoms. The molecule has 20 heavy (non-hydrogen) atoms. The Hall–Kier alpha value is -0.680. The molecule has 2 N–H and O–H groups in total. The van der Waals surface area contributed by atoms with E-state index in [0.717, 1.165) is 51.9 Å². The molecule has 0 aliphatic carbocycles. The van der Waals surface area contributed by atoms with Gasteiger partial charge in [0, 0.05) is 18.5 Å². The molecule has 114 valence electrons. The van der Waals surface area contributed by atoms with Crippen LogP contribution in [0, 0.1) is 5.41 Å². The largest absolute Gasteiger partial charge is 0.393 e. The second-order valence-electron chi connectivity index (χ2n) is 6.52. The molecule has 2 aliphatic rings. The van der Waals surface area contributed by atoms with Crippen molar-refractivity contribution in [1.82, 2.24) is 9.80 Å². The molecule has 2 saturated heterocycles. The Morgan fingerprint density at radius 3 is 2.20 bits per heavy atom. The molecule has 5 heteroatoms. The van der Waals surface area contributed by atoms with Crippen LogP contribution < -0.4 is 5.73 Å². The summed E-state index contributed by atoms with van der Waals surface area (Å²) < 4.78 is 0. The molecule has 0 bridgehead atoms. The normalized spacial score (nSPS) is 25.2. The number of rotatable bonds is 3. The van der Waals surface area contributed by atoms with E-state index in [1.54, 1.807) is 0 Å². The van der Waals surface area contributed by atoms with E-state index in [4.69, 9.17) is 18.0 Å². The van der Waals surface area contributed by atoms with Crippen LogP contribution in [0.3, 0.4) is 0 Å². The minimum Gasteiger partial charge on any atom is -0.393 e. The van der Waals surface area contributed by atoms with Crippen molar-refractivity contribution in [3.63, 3.8) is 0 Å². The van der Waals surface area contributed by atoms with Crippen LogP contribution in [0.4, 0.5) is 0 Å². The number of amides is 1. The van der Waals surface area contributed by atoms with Crippen molar-refractivity contribution < 1.29 is 4.79 Å². The molecule has 0 radical (unpaired) electrons. The zero-order valence-electron chi connectivity index (χ0n) is 12.7. The van der Waals surface area contributed by atoms with Crippen LogP contribution in [-0.2, 0) is 4.79 Å². The third kappa shape index (κ3) is 3.31. The summed E-state index contributed by atoms with van der Waals surface area (Å²) >= 11 is 5.17. The molecule has 2 heterocycles. The number of likely N-dealkylation sites (tertiary alicyclic amines) is 2. The molecule has 0 aromatic rings. The van der Waals surface area contributed by atoms with Crippen molar-refractivity contribution in [1.29, 1.82) is 0 Å². The van der Waals surface area contributed by atoms with Crippen molar-refractivity contribution >= 4 is 23.1 Å². The maximum Gasteiger partial charge on any atom is 0.239 e. The molecule has 2 aliphatic heterocycles. The Kier molecular flexibility index (Phi) is 5.02. The minimum atomic E-state index is -0.0281. The number of hydrogen-bond acceptors (Lipinski definition) is 3. The summed E-state index contributed by atoms with van der Waals surface area (Å²) in [6, 6.07) is -0.0102. The number of nitrogens with two attached hydrogens (primary N) is 1. The van der Waals surface area contributed by atoms with E-state index in [1.165, 1.54) is 6.42 Å². The van der Waals surface area contributed by atoms with E-state index < -0.39 is 0 Å². The molecular weight excluding hydrogens is 270 g/mol. The van der Waals surface area contributed by atoms with Gasteiger partial charge in [-0.3, -0.25) is 9.69 Å². The second-order valence-corrected chi connectivity index (χ2v) is 6.96. The number of piperidine rings is 2. The molecule has 0 aromatic heterocycles. The summed E-state index contributed by atoms with van der Waals surface area (Å²) in [4.78, 5) is 17.5. The van der Waals surface area contributed by atoms with Gasteiger partial charge in [0.2, 0.25) is 5.91 Å². The molecule has 2 fully saturated rings. The Labute approximate surface area is 127 Å². The summed E-state index contributed by atoms with van der Waals surface area (Å²) in [5, 5.41) is 0. The van der Waals surface area contributed by atoms with Gasteiger partial charge in [-0.15, -0.1) is 0 Å². The van der Waals surface area contributed by atoms with Crippen molar-refractivity contribution in [2.45, 2.75) is 52.0 Å². The topological polar surface area (TPSA) is 49.6 Å². The minimum absolute atomic E-state index is 0.0102. The molecule has 1 amide bonds. The standard InChI is InChI=1S/C15H27N3OS/c1-12(13(19)18-8-4-3-5-9-18)17-10-6-15(2,7-11-17)14(16)20/h12H,3-11H2,1-2H3,(H2,16,20). The summed E-state index contributed by atoms with van der Waals surface area (Å²) in [5.74, 6) is 0.295. The smallest absolute Gasteiger partial charge is 0.239 e. The lowest BCUT2D eigenvalue weighted by Crippen LogP contribution is -2.53. The van der Waals surface area contributed by atoms with Crippen LogP contribution >= 0.6 is 12.2 Å². The third-order valence-corrected chi connectivity index (χ3v) is 5.56. The maximum atomic E-state index is 12.5. The molecule has 2 rings (SSSR count). The summed E-state index contributed by atoms with van der Waals surface area (Å²) in [5.41, 5.74) is 5.81. The fraction of sp³-hybridized carbons (Fsp3) is 0.867. The molecule has 4 nitrogen and oxygen atoms in total. The number of carbonyl (C=O) groups is 1. The lowest BCUT2D eigenvalue weighted by molar-refractivity contribution is -0.138. The van der Waals surface area contributed by atoms with Gasteiger partial charge < -0.3 is 10.6 Å². The maximum absolute atomic E-state index is 12.5. The van der Waals surface area contributed by atoms with Gasteiger partial charge in [-0.05, 0) is 52.1 Å². The Morgan fingerprint density at radius 2 is 1.70 bits per heavy atom. The highest BCUT2D eigenvalue weighted by atomic mass is 32.1. The van der Waals surface area contributed by atoms with Crippen molar-refractivity contribution in [2.24, 2.45) is 11.1 Å². The van der Waals surface area contributed by atoms with E-state index in [9.17, 15) is 4.79 Å². The third-order valence-electron chi connectivity index (χ3n) is 5.07. The van der Waals surface area contributed by atoms with E-state index in [0.29, 0.717) is 10.9 Å². The van der Waals surface area contributed by atoms with Crippen LogP contribution in [0.5, 0.6) is 0 Å².